The third kappa shape index (κ3) is 11.8. The number of allylic oxidation sites excluding steroid dienone is 4. The van der Waals surface area contributed by atoms with E-state index in [1.54, 1.807) is 0 Å². The summed E-state index contributed by atoms with van der Waals surface area (Å²) in [4.78, 5) is 44.9. The first-order valence-corrected chi connectivity index (χ1v) is 18.4. The minimum atomic E-state index is -1.08. The molecule has 1 radical (unpaired) electrons. The van der Waals surface area contributed by atoms with Gasteiger partial charge in [0.05, 0.1) is 22.8 Å². The summed E-state index contributed by atoms with van der Waals surface area (Å²) < 4.78 is 0. The molecule has 5 heterocycles. The summed E-state index contributed by atoms with van der Waals surface area (Å²) in [5, 5.41) is 26.7. The number of aliphatic carboxylic acids is 3. The molecule has 0 aromatic carbocycles. The summed E-state index contributed by atoms with van der Waals surface area (Å²) in [6.07, 6.45) is 7.84. The number of aryl methyl sites for hydroxylation is 4. The van der Waals surface area contributed by atoms with Crippen LogP contribution >= 0.6 is 0 Å². The van der Waals surface area contributed by atoms with E-state index in [9.17, 15) is 0 Å². The Morgan fingerprint density at radius 1 is 0.434 bits per heavy atom. The number of carbonyl (C=O) groups is 3. The van der Waals surface area contributed by atoms with E-state index in [0.29, 0.717) is 0 Å². The molecular weight excluding hydrogens is 712 g/mol. The van der Waals surface area contributed by atoms with Crippen molar-refractivity contribution >= 4 is 62.3 Å². The number of rotatable bonds is 8. The molecule has 0 fully saturated rings. The molecule has 287 valence electrons. The summed E-state index contributed by atoms with van der Waals surface area (Å²) in [5.41, 5.74) is 20.2. The summed E-state index contributed by atoms with van der Waals surface area (Å²) in [6, 6.07) is 9.24. The van der Waals surface area contributed by atoms with Crippen LogP contribution in [-0.2, 0) is 57.1 Å². The first kappa shape index (κ1) is 46.6. The van der Waals surface area contributed by atoms with Gasteiger partial charge in [-0.3, -0.25) is 0 Å². The molecule has 0 saturated carbocycles. The van der Waals surface area contributed by atoms with Gasteiger partial charge in [-0.2, -0.15) is 0 Å². The Bertz CT molecular complexity index is 1840. The van der Waals surface area contributed by atoms with Crippen molar-refractivity contribution in [3.63, 3.8) is 0 Å². The van der Waals surface area contributed by atoms with Crippen molar-refractivity contribution in [1.29, 1.82) is 0 Å². The fourth-order valence-corrected chi connectivity index (χ4v) is 7.10. The van der Waals surface area contributed by atoms with E-state index in [1.165, 1.54) is 66.6 Å². The van der Waals surface area contributed by atoms with E-state index in [1.807, 2.05) is 0 Å². The Hall–Kier alpha value is -4.47. The minimum Gasteiger partial charge on any atom is -0.550 e. The number of aromatic amines is 2. The van der Waals surface area contributed by atoms with Crippen molar-refractivity contribution < 1.29 is 46.8 Å². The number of carbonyl (C=O) groups excluding carboxylic acids is 3. The third-order valence-corrected chi connectivity index (χ3v) is 8.97. The van der Waals surface area contributed by atoms with Crippen LogP contribution in [0.15, 0.2) is 24.3 Å². The Kier molecular flexibility index (Phi) is 19.2. The molecule has 0 unspecified atom stereocenters. The number of hydrogen-bond donors (Lipinski definition) is 2. The van der Waals surface area contributed by atoms with E-state index in [0.717, 1.165) is 94.9 Å². The summed E-state index contributed by atoms with van der Waals surface area (Å²) in [6.45, 7) is 21.0. The molecule has 0 saturated heterocycles. The van der Waals surface area contributed by atoms with Crippen molar-refractivity contribution in [2.45, 2.75) is 128 Å². The predicted molar refractivity (Wildman–Crippen MR) is 205 cm³/mol. The van der Waals surface area contributed by atoms with Crippen LogP contribution in [0.25, 0.3) is 44.4 Å². The molecule has 53 heavy (non-hydrogen) atoms. The number of nitrogens with zero attached hydrogens (tertiary/aromatic N) is 2. The molecule has 2 aliphatic heterocycles. The Labute approximate surface area is 324 Å². The van der Waals surface area contributed by atoms with Crippen LogP contribution in [0.4, 0.5) is 0 Å². The maximum atomic E-state index is 8.89. The number of carboxylic acid groups (broad SMARTS) is 3. The van der Waals surface area contributed by atoms with Crippen molar-refractivity contribution in [2.24, 2.45) is 0 Å². The number of H-pyrrole nitrogens is 2. The van der Waals surface area contributed by atoms with Gasteiger partial charge in [0.1, 0.15) is 0 Å². The second-order valence-electron chi connectivity index (χ2n) is 12.4. The predicted octanol–water partition coefficient (Wildman–Crippen LogP) is 6.29. The van der Waals surface area contributed by atoms with Gasteiger partial charge in [0.2, 0.25) is 0 Å². The van der Waals surface area contributed by atoms with E-state index < -0.39 is 17.9 Å². The molecule has 5 rings (SSSR count). The van der Waals surface area contributed by atoms with E-state index in [4.69, 9.17) is 39.7 Å². The molecule has 11 heteroatoms. The fourth-order valence-electron chi connectivity index (χ4n) is 7.10. The maximum Gasteiger partial charge on any atom is 3.00 e. The number of hydrogen-bond acceptors (Lipinski definition) is 8. The van der Waals surface area contributed by atoms with Crippen LogP contribution in [0.3, 0.4) is 0 Å². The van der Waals surface area contributed by atoms with Crippen molar-refractivity contribution in [3.05, 3.63) is 69.3 Å². The molecule has 2 aliphatic rings. The quantitative estimate of drug-likeness (QED) is 0.251. The van der Waals surface area contributed by atoms with Gasteiger partial charge in [0.25, 0.3) is 0 Å². The number of nitrogens with one attached hydrogen (secondary N) is 2. The van der Waals surface area contributed by atoms with Crippen molar-refractivity contribution in [3.8, 4) is 0 Å². The summed E-state index contributed by atoms with van der Waals surface area (Å²) in [5.74, 6) is -3.25. The molecular formula is C42H55FeN4O6. The molecule has 0 atom stereocenters. The van der Waals surface area contributed by atoms with Gasteiger partial charge < -0.3 is 39.7 Å². The summed E-state index contributed by atoms with van der Waals surface area (Å²) in [7, 11) is 0. The Balaban J connectivity index is 0.000000946. The van der Waals surface area contributed by atoms with Gasteiger partial charge in [-0.15, -0.1) is 0 Å². The fraction of sp³-hybridized carbons (Fsp3) is 0.452. The average molecular weight is 768 g/mol. The van der Waals surface area contributed by atoms with Gasteiger partial charge in [0, 0.05) is 40.0 Å². The monoisotopic (exact) mass is 767 g/mol. The van der Waals surface area contributed by atoms with E-state index >= 15 is 0 Å². The van der Waals surface area contributed by atoms with E-state index in [2.05, 4.69) is 89.6 Å². The SMILES string of the molecule is CC(=O)[O-].CC(=O)[O-].CC(=O)[O-].CCC1=C(CC)c2cc3[nH]c(cc4[nH]c(cc5nc(cc1n2)C(CC)=C5CC)c(CC)c4CC)c(CC)c3CC.[Fe+3]. The second kappa shape index (κ2) is 21.9. The molecule has 0 amide bonds. The van der Waals surface area contributed by atoms with Gasteiger partial charge >= 0.3 is 17.1 Å². The molecule has 0 spiro atoms. The van der Waals surface area contributed by atoms with Crippen LogP contribution in [0.5, 0.6) is 0 Å². The van der Waals surface area contributed by atoms with E-state index in [-0.39, 0.29) is 17.1 Å². The topological polar surface area (TPSA) is 178 Å². The standard InChI is InChI=1S/C36H46N4.3C2H4O2.Fe/c1-9-21-22(10-2)30-18-32-25(13-5)26(14-6)34(39-32)20-36-28(16-8)27(15-7)35(40-36)19-33-24(12-4)23(11-3)31(38-33)17-29(21)37-30;3*1-2(3)4;/h17-20,37-38H,9-16H2,1-8H3;3*1H3,(H,3,4);/q;;;;+3/p-3. The van der Waals surface area contributed by atoms with Crippen molar-refractivity contribution in [1.82, 2.24) is 19.9 Å². The zero-order valence-electron chi connectivity index (χ0n) is 33.2. The first-order valence-electron chi connectivity index (χ1n) is 18.4. The average Bonchev–Trinajstić information content (AvgIpc) is 3.78. The Morgan fingerprint density at radius 3 is 0.849 bits per heavy atom. The van der Waals surface area contributed by atoms with Gasteiger partial charge in [-0.05, 0) is 141 Å². The zero-order valence-corrected chi connectivity index (χ0v) is 34.3. The van der Waals surface area contributed by atoms with Crippen LogP contribution < -0.4 is 15.3 Å². The van der Waals surface area contributed by atoms with Gasteiger partial charge in [-0.25, -0.2) is 9.97 Å². The molecule has 0 aliphatic carbocycles. The maximum absolute atomic E-state index is 8.89. The van der Waals surface area contributed by atoms with Gasteiger partial charge in [0.15, 0.2) is 0 Å². The molecule has 10 nitrogen and oxygen atoms in total. The largest absolute Gasteiger partial charge is 3.00 e. The van der Waals surface area contributed by atoms with Gasteiger partial charge in [-0.1, -0.05) is 55.4 Å². The normalized spacial score (nSPS) is 11.7. The van der Waals surface area contributed by atoms with Crippen LogP contribution in [-0.4, -0.2) is 37.8 Å². The number of aromatic nitrogens is 4. The van der Waals surface area contributed by atoms with Crippen molar-refractivity contribution in [2.75, 3.05) is 0 Å². The molecule has 3 aromatic rings. The summed E-state index contributed by atoms with van der Waals surface area (Å²) >= 11 is 0. The van der Waals surface area contributed by atoms with Crippen LogP contribution in [0, 0.1) is 0 Å². The zero-order chi connectivity index (χ0) is 39.3. The van der Waals surface area contributed by atoms with Crippen LogP contribution in [0.2, 0.25) is 0 Å². The number of carboxylic acids is 3. The van der Waals surface area contributed by atoms with Crippen LogP contribution in [0.1, 0.15) is 147 Å². The molecule has 8 bridgehead atoms. The first-order chi connectivity index (χ1) is 24.7. The molecule has 2 N–H and O–H groups in total. The molecule has 3 aromatic heterocycles. The third-order valence-electron chi connectivity index (χ3n) is 8.97. The smallest absolute Gasteiger partial charge is 0.550 e. The minimum absolute atomic E-state index is 0. The number of fused-ring (bicyclic) bond motifs is 8. The second-order valence-corrected chi connectivity index (χ2v) is 12.4. The Morgan fingerprint density at radius 2 is 0.642 bits per heavy atom.